The Labute approximate surface area is 139 Å². The lowest BCUT2D eigenvalue weighted by molar-refractivity contribution is 0.269. The largest absolute Gasteiger partial charge is 0.490 e. The van der Waals surface area contributed by atoms with Gasteiger partial charge in [0.1, 0.15) is 6.61 Å². The van der Waals surface area contributed by atoms with E-state index in [-0.39, 0.29) is 0 Å². The van der Waals surface area contributed by atoms with Crippen LogP contribution in [0.3, 0.4) is 0 Å². The second kappa shape index (κ2) is 7.79. The average Bonchev–Trinajstić information content (AvgIpc) is 2.49. The lowest BCUT2D eigenvalue weighted by Gasteiger charge is -2.13. The monoisotopic (exact) mass is 344 g/mol. The number of hydrogen-bond donors (Lipinski definition) is 0. The summed E-state index contributed by atoms with van der Waals surface area (Å²) in [5, 5.41) is 1.04. The summed E-state index contributed by atoms with van der Waals surface area (Å²) in [6.45, 7) is 2.88. The summed E-state index contributed by atoms with van der Waals surface area (Å²) in [5.41, 5.74) is 1.93. The molecule has 2 nitrogen and oxygen atoms in total. The molecule has 112 valence electrons. The van der Waals surface area contributed by atoms with Gasteiger partial charge >= 0.3 is 0 Å². The van der Waals surface area contributed by atoms with E-state index in [2.05, 4.69) is 0 Å². The normalized spacial score (nSPS) is 10.5. The van der Waals surface area contributed by atoms with Crippen LogP contribution in [0.2, 0.25) is 10.0 Å². The van der Waals surface area contributed by atoms with E-state index in [1.165, 1.54) is 0 Å². The molecular weight excluding hydrogens is 331 g/mol. The number of benzene rings is 2. The van der Waals surface area contributed by atoms with E-state index in [0.29, 0.717) is 40.6 Å². The van der Waals surface area contributed by atoms with E-state index in [0.717, 1.165) is 11.1 Å². The van der Waals surface area contributed by atoms with Crippen molar-refractivity contribution >= 4 is 34.8 Å². The molecule has 0 aliphatic rings. The van der Waals surface area contributed by atoms with Crippen molar-refractivity contribution in [3.8, 4) is 11.5 Å². The molecule has 0 saturated heterocycles. The molecule has 2 aromatic carbocycles. The maximum absolute atomic E-state index is 5.99. The molecule has 0 amide bonds. The first-order chi connectivity index (χ1) is 10.1. The Kier molecular flexibility index (Phi) is 6.04. The van der Waals surface area contributed by atoms with Crippen molar-refractivity contribution in [2.24, 2.45) is 0 Å². The highest BCUT2D eigenvalue weighted by Gasteiger charge is 2.07. The van der Waals surface area contributed by atoms with Crippen LogP contribution >= 0.6 is 34.8 Å². The molecule has 0 unspecified atom stereocenters. The van der Waals surface area contributed by atoms with E-state index in [1.807, 2.05) is 31.2 Å². The van der Waals surface area contributed by atoms with Gasteiger partial charge in [-0.15, -0.1) is 11.6 Å². The van der Waals surface area contributed by atoms with Crippen molar-refractivity contribution < 1.29 is 9.47 Å². The van der Waals surface area contributed by atoms with E-state index < -0.39 is 0 Å². The second-order valence-corrected chi connectivity index (χ2v) is 5.47. The van der Waals surface area contributed by atoms with Gasteiger partial charge in [-0.1, -0.05) is 35.3 Å². The quantitative estimate of drug-likeness (QED) is 0.624. The Balaban J connectivity index is 2.13. The Bertz CT molecular complexity index is 614. The van der Waals surface area contributed by atoms with Crippen LogP contribution < -0.4 is 9.47 Å². The third-order valence-electron chi connectivity index (χ3n) is 2.84. The van der Waals surface area contributed by atoms with E-state index in [4.69, 9.17) is 44.3 Å². The van der Waals surface area contributed by atoms with Gasteiger partial charge in [0.15, 0.2) is 11.5 Å². The van der Waals surface area contributed by atoms with Crippen molar-refractivity contribution in [3.63, 3.8) is 0 Å². The van der Waals surface area contributed by atoms with Crippen molar-refractivity contribution in [3.05, 3.63) is 57.6 Å². The standard InChI is InChI=1S/C16H15Cl3O2/c1-2-20-16-8-11(9-17)4-6-15(16)21-10-12-3-5-13(18)14(19)7-12/h3-8H,2,9-10H2,1H3. The molecule has 2 aromatic rings. The zero-order valence-corrected chi connectivity index (χ0v) is 13.8. The summed E-state index contributed by atoms with van der Waals surface area (Å²) in [7, 11) is 0. The van der Waals surface area contributed by atoms with Crippen LogP contribution in [0.25, 0.3) is 0 Å². The van der Waals surface area contributed by atoms with Crippen molar-refractivity contribution in [2.45, 2.75) is 19.4 Å². The fourth-order valence-electron chi connectivity index (χ4n) is 1.81. The zero-order valence-electron chi connectivity index (χ0n) is 11.5. The molecule has 21 heavy (non-hydrogen) atoms. The molecular formula is C16H15Cl3O2. The fourth-order valence-corrected chi connectivity index (χ4v) is 2.30. The SMILES string of the molecule is CCOc1cc(CCl)ccc1OCc1ccc(Cl)c(Cl)c1. The highest BCUT2D eigenvalue weighted by Crippen LogP contribution is 2.30. The second-order valence-electron chi connectivity index (χ2n) is 4.38. The van der Waals surface area contributed by atoms with Gasteiger partial charge in [0.2, 0.25) is 0 Å². The molecule has 0 radical (unpaired) electrons. The van der Waals surface area contributed by atoms with Gasteiger partial charge in [-0.05, 0) is 42.3 Å². The third-order valence-corrected chi connectivity index (χ3v) is 3.89. The van der Waals surface area contributed by atoms with Gasteiger partial charge in [0, 0.05) is 5.88 Å². The molecule has 0 aromatic heterocycles. The molecule has 0 heterocycles. The van der Waals surface area contributed by atoms with Gasteiger partial charge in [0.05, 0.1) is 16.7 Å². The van der Waals surface area contributed by atoms with E-state index in [1.54, 1.807) is 12.1 Å². The predicted molar refractivity (Wildman–Crippen MR) is 88.0 cm³/mol. The molecule has 0 fully saturated rings. The topological polar surface area (TPSA) is 18.5 Å². The minimum Gasteiger partial charge on any atom is -0.490 e. The number of rotatable bonds is 6. The Morgan fingerprint density at radius 2 is 1.62 bits per heavy atom. The lowest BCUT2D eigenvalue weighted by Crippen LogP contribution is -2.00. The van der Waals surface area contributed by atoms with Crippen LogP contribution in [0.1, 0.15) is 18.1 Å². The van der Waals surface area contributed by atoms with E-state index >= 15 is 0 Å². The smallest absolute Gasteiger partial charge is 0.161 e. The highest BCUT2D eigenvalue weighted by molar-refractivity contribution is 6.42. The average molecular weight is 346 g/mol. The van der Waals surface area contributed by atoms with Crippen LogP contribution in [0.4, 0.5) is 0 Å². The van der Waals surface area contributed by atoms with Crippen molar-refractivity contribution in [2.75, 3.05) is 6.61 Å². The Hall–Kier alpha value is -1.09. The number of alkyl halides is 1. The zero-order chi connectivity index (χ0) is 15.2. The van der Waals surface area contributed by atoms with Gasteiger partial charge in [-0.25, -0.2) is 0 Å². The van der Waals surface area contributed by atoms with Crippen LogP contribution in [-0.2, 0) is 12.5 Å². The molecule has 2 rings (SSSR count). The highest BCUT2D eigenvalue weighted by atomic mass is 35.5. The molecule has 0 bridgehead atoms. The number of halogens is 3. The van der Waals surface area contributed by atoms with Gasteiger partial charge in [-0.2, -0.15) is 0 Å². The van der Waals surface area contributed by atoms with Crippen LogP contribution in [-0.4, -0.2) is 6.61 Å². The van der Waals surface area contributed by atoms with Gasteiger partial charge in [0.25, 0.3) is 0 Å². The molecule has 0 spiro atoms. The molecule has 0 aliphatic heterocycles. The van der Waals surface area contributed by atoms with Crippen LogP contribution in [0.15, 0.2) is 36.4 Å². The van der Waals surface area contributed by atoms with Crippen LogP contribution in [0.5, 0.6) is 11.5 Å². The predicted octanol–water partition coefficient (Wildman–Crippen LogP) is 5.71. The Morgan fingerprint density at radius 1 is 0.857 bits per heavy atom. The van der Waals surface area contributed by atoms with Gasteiger partial charge in [-0.3, -0.25) is 0 Å². The first-order valence-corrected chi connectivity index (χ1v) is 7.81. The third kappa shape index (κ3) is 4.44. The summed E-state index contributed by atoms with van der Waals surface area (Å²) in [4.78, 5) is 0. The first-order valence-electron chi connectivity index (χ1n) is 6.52. The molecule has 5 heteroatoms. The maximum atomic E-state index is 5.99. The summed E-state index contributed by atoms with van der Waals surface area (Å²) >= 11 is 17.7. The van der Waals surface area contributed by atoms with Crippen molar-refractivity contribution in [1.29, 1.82) is 0 Å². The lowest BCUT2D eigenvalue weighted by atomic mass is 10.2. The minimum atomic E-state index is 0.386. The molecule has 0 aliphatic carbocycles. The first kappa shape index (κ1) is 16.3. The number of ether oxygens (including phenoxy) is 2. The molecule has 0 saturated carbocycles. The molecule has 0 N–H and O–H groups in total. The van der Waals surface area contributed by atoms with Crippen molar-refractivity contribution in [1.82, 2.24) is 0 Å². The summed E-state index contributed by atoms with van der Waals surface area (Å²) < 4.78 is 11.4. The number of hydrogen-bond acceptors (Lipinski definition) is 2. The van der Waals surface area contributed by atoms with Crippen LogP contribution in [0, 0.1) is 0 Å². The Morgan fingerprint density at radius 3 is 2.29 bits per heavy atom. The summed E-state index contributed by atoms with van der Waals surface area (Å²) in [6.07, 6.45) is 0. The minimum absolute atomic E-state index is 0.386. The fraction of sp³-hybridized carbons (Fsp3) is 0.250. The summed E-state index contributed by atoms with van der Waals surface area (Å²) in [6, 6.07) is 11.1. The van der Waals surface area contributed by atoms with E-state index in [9.17, 15) is 0 Å². The van der Waals surface area contributed by atoms with Gasteiger partial charge < -0.3 is 9.47 Å². The maximum Gasteiger partial charge on any atom is 0.161 e. The summed E-state index contributed by atoms with van der Waals surface area (Å²) in [5.74, 6) is 1.81. The molecule has 0 atom stereocenters.